The monoisotopic (exact) mass is 313 g/mol. The van der Waals surface area contributed by atoms with Crippen LogP contribution < -0.4 is 9.47 Å². The van der Waals surface area contributed by atoms with Gasteiger partial charge in [0, 0.05) is 6.07 Å². The molecule has 2 aromatic rings. The van der Waals surface area contributed by atoms with Crippen molar-refractivity contribution in [3.8, 4) is 23.3 Å². The lowest BCUT2D eigenvalue weighted by atomic mass is 10.2. The maximum absolute atomic E-state index is 12.3. The maximum atomic E-state index is 12.3. The zero-order valence-corrected chi connectivity index (χ0v) is 11.1. The fourth-order valence-corrected chi connectivity index (χ4v) is 1.73. The van der Waals surface area contributed by atoms with Crippen LogP contribution in [0.15, 0.2) is 42.5 Å². The third-order valence-corrected chi connectivity index (χ3v) is 2.68. The third-order valence-electron chi connectivity index (χ3n) is 2.36. The van der Waals surface area contributed by atoms with Crippen LogP contribution in [0, 0.1) is 11.3 Å². The Hall–Kier alpha value is -2.39. The first-order chi connectivity index (χ1) is 9.89. The van der Waals surface area contributed by atoms with Crippen LogP contribution in [0.4, 0.5) is 13.2 Å². The van der Waals surface area contributed by atoms with E-state index in [1.54, 1.807) is 0 Å². The molecule has 0 fully saturated rings. The summed E-state index contributed by atoms with van der Waals surface area (Å²) in [7, 11) is 0. The highest BCUT2D eigenvalue weighted by Gasteiger charge is 2.32. The second-order valence-electron chi connectivity index (χ2n) is 3.85. The summed E-state index contributed by atoms with van der Waals surface area (Å²) in [6.45, 7) is 0. The smallest absolute Gasteiger partial charge is 0.453 e. The maximum Gasteiger partial charge on any atom is 0.573 e. The molecule has 2 aromatic carbocycles. The van der Waals surface area contributed by atoms with Crippen molar-refractivity contribution < 1.29 is 22.6 Å². The van der Waals surface area contributed by atoms with Crippen molar-refractivity contribution in [1.82, 2.24) is 0 Å². The number of ether oxygens (including phenoxy) is 2. The quantitative estimate of drug-likeness (QED) is 0.809. The number of nitriles is 1. The molecule has 0 atom stereocenters. The van der Waals surface area contributed by atoms with Gasteiger partial charge in [-0.1, -0.05) is 23.7 Å². The molecule has 2 rings (SSSR count). The summed E-state index contributed by atoms with van der Waals surface area (Å²) < 4.78 is 46.1. The number of alkyl halides is 3. The van der Waals surface area contributed by atoms with Gasteiger partial charge in [0.2, 0.25) is 0 Å². The number of halogens is 4. The lowest BCUT2D eigenvalue weighted by Crippen LogP contribution is -2.17. The Labute approximate surface area is 123 Å². The van der Waals surface area contributed by atoms with Gasteiger partial charge in [-0.05, 0) is 24.3 Å². The van der Waals surface area contributed by atoms with Crippen LogP contribution in [0.2, 0.25) is 5.02 Å². The highest BCUT2D eigenvalue weighted by molar-refractivity contribution is 6.31. The fraction of sp³-hybridized carbons (Fsp3) is 0.0714. The van der Waals surface area contributed by atoms with E-state index >= 15 is 0 Å². The molecule has 7 heteroatoms. The first-order valence-corrected chi connectivity index (χ1v) is 5.99. The molecule has 0 aliphatic rings. The molecule has 3 nitrogen and oxygen atoms in total. The van der Waals surface area contributed by atoms with E-state index in [1.807, 2.05) is 6.07 Å². The molecule has 0 spiro atoms. The van der Waals surface area contributed by atoms with E-state index in [2.05, 4.69) is 4.74 Å². The van der Waals surface area contributed by atoms with Crippen molar-refractivity contribution in [2.75, 3.05) is 0 Å². The number of nitrogens with zero attached hydrogens (tertiary/aromatic N) is 1. The topological polar surface area (TPSA) is 42.2 Å². The Balaban J connectivity index is 2.28. The number of para-hydroxylation sites is 2. The minimum atomic E-state index is -4.82. The van der Waals surface area contributed by atoms with Gasteiger partial charge in [0.05, 0.1) is 10.6 Å². The van der Waals surface area contributed by atoms with Crippen molar-refractivity contribution in [1.29, 1.82) is 5.26 Å². The molecule has 0 aliphatic heterocycles. The van der Waals surface area contributed by atoms with Gasteiger partial charge in [-0.3, -0.25) is 0 Å². The molecule has 0 saturated heterocycles. The van der Waals surface area contributed by atoms with Gasteiger partial charge < -0.3 is 9.47 Å². The normalized spacial score (nSPS) is 10.8. The third kappa shape index (κ3) is 4.04. The Morgan fingerprint density at radius 2 is 1.71 bits per heavy atom. The van der Waals surface area contributed by atoms with Gasteiger partial charge in [-0.25, -0.2) is 0 Å². The van der Waals surface area contributed by atoms with Gasteiger partial charge in [0.1, 0.15) is 11.8 Å². The summed E-state index contributed by atoms with van der Waals surface area (Å²) in [6, 6.07) is 11.4. The molecule has 0 aliphatic carbocycles. The van der Waals surface area contributed by atoms with Crippen molar-refractivity contribution in [2.24, 2.45) is 0 Å². The van der Waals surface area contributed by atoms with E-state index in [9.17, 15) is 13.2 Å². The molecule has 0 heterocycles. The van der Waals surface area contributed by atoms with E-state index in [4.69, 9.17) is 21.6 Å². The van der Waals surface area contributed by atoms with Crippen molar-refractivity contribution in [3.63, 3.8) is 0 Å². The summed E-state index contributed by atoms with van der Waals surface area (Å²) in [5.74, 6) is -0.390. The SMILES string of the molecule is N#Cc1ccc(Oc2ccccc2OC(F)(F)F)cc1Cl. The predicted octanol–water partition coefficient (Wildman–Crippen LogP) is 4.90. The van der Waals surface area contributed by atoms with E-state index in [1.165, 1.54) is 36.4 Å². The second kappa shape index (κ2) is 5.94. The van der Waals surface area contributed by atoms with E-state index in [0.29, 0.717) is 0 Å². The van der Waals surface area contributed by atoms with Gasteiger partial charge in [-0.15, -0.1) is 13.2 Å². The van der Waals surface area contributed by atoms with Crippen LogP contribution >= 0.6 is 11.6 Å². The van der Waals surface area contributed by atoms with Crippen molar-refractivity contribution in [2.45, 2.75) is 6.36 Å². The summed E-state index contributed by atoms with van der Waals surface area (Å²) in [6.07, 6.45) is -4.82. The van der Waals surface area contributed by atoms with Crippen LogP contribution in [0.5, 0.6) is 17.2 Å². The zero-order chi connectivity index (χ0) is 15.5. The van der Waals surface area contributed by atoms with Crippen LogP contribution in [0.3, 0.4) is 0 Å². The molecule has 0 radical (unpaired) electrons. The largest absolute Gasteiger partial charge is 0.573 e. The van der Waals surface area contributed by atoms with Gasteiger partial charge in [0.15, 0.2) is 11.5 Å². The Kier molecular flexibility index (Phi) is 4.24. The molecular formula is C14H7ClF3NO2. The number of benzene rings is 2. The second-order valence-corrected chi connectivity index (χ2v) is 4.26. The molecule has 21 heavy (non-hydrogen) atoms. The first kappa shape index (κ1) is 15.0. The molecule has 108 valence electrons. The first-order valence-electron chi connectivity index (χ1n) is 5.61. The highest BCUT2D eigenvalue weighted by atomic mass is 35.5. The molecule has 0 bridgehead atoms. The van der Waals surface area contributed by atoms with Gasteiger partial charge >= 0.3 is 6.36 Å². The average Bonchev–Trinajstić information content (AvgIpc) is 2.40. The van der Waals surface area contributed by atoms with E-state index in [-0.39, 0.29) is 22.1 Å². The lowest BCUT2D eigenvalue weighted by Gasteiger charge is -2.13. The molecule has 0 amide bonds. The summed E-state index contributed by atoms with van der Waals surface area (Å²) in [4.78, 5) is 0. The Bertz CT molecular complexity index is 695. The van der Waals surface area contributed by atoms with Crippen LogP contribution in [0.25, 0.3) is 0 Å². The highest BCUT2D eigenvalue weighted by Crippen LogP contribution is 2.35. The molecule has 0 aromatic heterocycles. The average molecular weight is 314 g/mol. The standard InChI is InChI=1S/C14H7ClF3NO2/c15-11-7-10(6-5-9(11)8-19)20-12-3-1-2-4-13(12)21-14(16,17)18/h1-7H. The van der Waals surface area contributed by atoms with Crippen LogP contribution in [-0.4, -0.2) is 6.36 Å². The minimum absolute atomic E-state index is 0.115. The molecule has 0 unspecified atom stereocenters. The number of hydrogen-bond donors (Lipinski definition) is 0. The summed E-state index contributed by atoms with van der Waals surface area (Å²) in [5, 5.41) is 8.89. The number of hydrogen-bond acceptors (Lipinski definition) is 3. The van der Waals surface area contributed by atoms with E-state index < -0.39 is 12.1 Å². The van der Waals surface area contributed by atoms with E-state index in [0.717, 1.165) is 6.07 Å². The lowest BCUT2D eigenvalue weighted by molar-refractivity contribution is -0.275. The molecular weight excluding hydrogens is 307 g/mol. The summed E-state index contributed by atoms with van der Waals surface area (Å²) in [5.41, 5.74) is 0.240. The van der Waals surface area contributed by atoms with Crippen molar-refractivity contribution in [3.05, 3.63) is 53.1 Å². The van der Waals surface area contributed by atoms with Crippen LogP contribution in [-0.2, 0) is 0 Å². The molecule has 0 N–H and O–H groups in total. The molecule has 0 saturated carbocycles. The zero-order valence-electron chi connectivity index (χ0n) is 10.3. The fourth-order valence-electron chi connectivity index (χ4n) is 1.52. The minimum Gasteiger partial charge on any atom is -0.453 e. The summed E-state index contributed by atoms with van der Waals surface area (Å²) >= 11 is 5.83. The Morgan fingerprint density at radius 1 is 1.05 bits per heavy atom. The van der Waals surface area contributed by atoms with Crippen LogP contribution in [0.1, 0.15) is 5.56 Å². The van der Waals surface area contributed by atoms with Gasteiger partial charge in [0.25, 0.3) is 0 Å². The number of rotatable bonds is 3. The van der Waals surface area contributed by atoms with Gasteiger partial charge in [-0.2, -0.15) is 5.26 Å². The van der Waals surface area contributed by atoms with Crippen molar-refractivity contribution >= 4 is 11.6 Å². The Morgan fingerprint density at radius 3 is 2.29 bits per heavy atom. The predicted molar refractivity (Wildman–Crippen MR) is 69.4 cm³/mol.